The van der Waals surface area contributed by atoms with Crippen LogP contribution in [0.2, 0.25) is 5.02 Å². The number of anilines is 1. The predicted molar refractivity (Wildman–Crippen MR) is 102 cm³/mol. The number of aromatic carboxylic acids is 1. The molecule has 0 radical (unpaired) electrons. The van der Waals surface area contributed by atoms with Crippen LogP contribution >= 0.6 is 11.6 Å². The van der Waals surface area contributed by atoms with Crippen molar-refractivity contribution in [2.75, 3.05) is 11.9 Å². The van der Waals surface area contributed by atoms with E-state index in [0.717, 1.165) is 0 Å². The molecule has 3 rings (SSSR count). The summed E-state index contributed by atoms with van der Waals surface area (Å²) in [6.07, 6.45) is 6.33. The van der Waals surface area contributed by atoms with Crippen molar-refractivity contribution in [1.29, 1.82) is 0 Å². The van der Waals surface area contributed by atoms with Gasteiger partial charge in [0.15, 0.2) is 6.61 Å². The number of amides is 1. The lowest BCUT2D eigenvalue weighted by molar-refractivity contribution is -0.254. The molecule has 1 saturated carbocycles. The van der Waals surface area contributed by atoms with Gasteiger partial charge in [0, 0.05) is 10.6 Å². The molecule has 0 atom stereocenters. The number of hydrogen-bond donors (Lipinski definition) is 1. The summed E-state index contributed by atoms with van der Waals surface area (Å²) >= 11 is 5.86. The molecule has 1 amide bonds. The highest BCUT2D eigenvalue weighted by Crippen LogP contribution is 2.33. The monoisotopic (exact) mass is 386 g/mol. The van der Waals surface area contributed by atoms with Crippen molar-refractivity contribution in [2.24, 2.45) is 0 Å². The molecule has 27 heavy (non-hydrogen) atoms. The summed E-state index contributed by atoms with van der Waals surface area (Å²) in [6, 6.07) is 11.9. The summed E-state index contributed by atoms with van der Waals surface area (Å²) in [7, 11) is 0. The fourth-order valence-electron chi connectivity index (χ4n) is 3.41. The lowest BCUT2D eigenvalue weighted by atomic mass is 9.84. The van der Waals surface area contributed by atoms with Gasteiger partial charge in [-0.15, -0.1) is 0 Å². The molecule has 1 aliphatic rings. The largest absolute Gasteiger partial charge is 0.545 e. The van der Waals surface area contributed by atoms with Crippen molar-refractivity contribution >= 4 is 29.2 Å². The lowest BCUT2D eigenvalue weighted by Crippen LogP contribution is -2.26. The number of hydrogen-bond acceptors (Lipinski definition) is 4. The van der Waals surface area contributed by atoms with Gasteiger partial charge in [0.05, 0.1) is 11.7 Å². The van der Waals surface area contributed by atoms with Crippen LogP contribution in [0.5, 0.6) is 5.75 Å². The highest BCUT2D eigenvalue weighted by atomic mass is 35.5. The third-order valence-corrected chi connectivity index (χ3v) is 5.04. The summed E-state index contributed by atoms with van der Waals surface area (Å²) < 4.78 is 5.50. The highest BCUT2D eigenvalue weighted by molar-refractivity contribution is 6.31. The van der Waals surface area contributed by atoms with Crippen LogP contribution in [-0.2, 0) is 4.79 Å². The van der Waals surface area contributed by atoms with Gasteiger partial charge in [-0.1, -0.05) is 43.0 Å². The smallest absolute Gasteiger partial charge is 0.262 e. The Hall–Kier alpha value is -2.53. The maximum atomic E-state index is 12.1. The fraction of sp³-hybridized carbons (Fsp3) is 0.333. The standard InChI is InChI=1S/C21H22ClNO4/c22-16-8-11-18(21(25)26)19(12-16)23-20(24)13-27-17-9-6-15(7-10-17)14-4-2-1-3-5-14/h6-12,14H,1-5,13H2,(H,23,24)(H,25,26)/p-1. The molecule has 0 saturated heterocycles. The predicted octanol–water partition coefficient (Wildman–Crippen LogP) is 3.77. The first-order valence-electron chi connectivity index (χ1n) is 9.06. The molecule has 5 nitrogen and oxygen atoms in total. The fourth-order valence-corrected chi connectivity index (χ4v) is 3.58. The molecule has 2 aromatic rings. The van der Waals surface area contributed by atoms with E-state index in [1.807, 2.05) is 24.3 Å². The first-order valence-corrected chi connectivity index (χ1v) is 9.44. The van der Waals surface area contributed by atoms with Gasteiger partial charge < -0.3 is 20.0 Å². The summed E-state index contributed by atoms with van der Waals surface area (Å²) in [6.45, 7) is -0.234. The van der Waals surface area contributed by atoms with E-state index in [-0.39, 0.29) is 17.9 Å². The molecule has 142 valence electrons. The Balaban J connectivity index is 1.56. The van der Waals surface area contributed by atoms with Crippen molar-refractivity contribution < 1.29 is 19.4 Å². The minimum Gasteiger partial charge on any atom is -0.545 e. The number of benzene rings is 2. The zero-order chi connectivity index (χ0) is 19.2. The molecule has 0 aromatic heterocycles. The highest BCUT2D eigenvalue weighted by Gasteiger charge is 2.15. The van der Waals surface area contributed by atoms with Gasteiger partial charge in [0.25, 0.3) is 5.91 Å². The van der Waals surface area contributed by atoms with E-state index >= 15 is 0 Å². The van der Waals surface area contributed by atoms with Crippen molar-refractivity contribution in [3.8, 4) is 5.75 Å². The van der Waals surface area contributed by atoms with Crippen LogP contribution in [0, 0.1) is 0 Å². The number of halogens is 1. The van der Waals surface area contributed by atoms with E-state index in [1.165, 1.54) is 55.9 Å². The Morgan fingerprint density at radius 1 is 1.07 bits per heavy atom. The maximum absolute atomic E-state index is 12.1. The first kappa shape index (κ1) is 19.2. The van der Waals surface area contributed by atoms with Crippen LogP contribution in [0.15, 0.2) is 42.5 Å². The molecule has 1 aliphatic carbocycles. The number of nitrogens with one attached hydrogen (secondary N) is 1. The topological polar surface area (TPSA) is 78.5 Å². The van der Waals surface area contributed by atoms with Crippen LogP contribution in [0.1, 0.15) is 53.9 Å². The summed E-state index contributed by atoms with van der Waals surface area (Å²) in [4.78, 5) is 23.2. The maximum Gasteiger partial charge on any atom is 0.262 e. The average molecular weight is 387 g/mol. The Bertz CT molecular complexity index is 813. The first-order chi connectivity index (χ1) is 13.0. The Morgan fingerprint density at radius 3 is 2.44 bits per heavy atom. The van der Waals surface area contributed by atoms with E-state index in [0.29, 0.717) is 16.7 Å². The average Bonchev–Trinajstić information content (AvgIpc) is 2.67. The lowest BCUT2D eigenvalue weighted by Gasteiger charge is -2.22. The summed E-state index contributed by atoms with van der Waals surface area (Å²) in [5.74, 6) is -0.657. The minimum absolute atomic E-state index is 0.0868. The molecule has 0 heterocycles. The second kappa shape index (κ2) is 8.91. The van der Waals surface area contributed by atoms with Crippen LogP contribution in [-0.4, -0.2) is 18.5 Å². The molecule has 1 N–H and O–H groups in total. The molecule has 2 aromatic carbocycles. The summed E-state index contributed by atoms with van der Waals surface area (Å²) in [5.41, 5.74) is 1.26. The SMILES string of the molecule is O=C(COc1ccc(C2CCCCC2)cc1)Nc1cc(Cl)ccc1C(=O)[O-]. The van der Waals surface area contributed by atoms with E-state index in [4.69, 9.17) is 16.3 Å². The van der Waals surface area contributed by atoms with Gasteiger partial charge in [-0.2, -0.15) is 0 Å². The molecule has 1 fully saturated rings. The number of rotatable bonds is 6. The quantitative estimate of drug-likeness (QED) is 0.819. The van der Waals surface area contributed by atoms with Crippen molar-refractivity contribution in [2.45, 2.75) is 38.0 Å². The van der Waals surface area contributed by atoms with Gasteiger partial charge in [0.1, 0.15) is 5.75 Å². The molecule has 0 unspecified atom stereocenters. The van der Waals surface area contributed by atoms with Gasteiger partial charge in [0.2, 0.25) is 0 Å². The molecular weight excluding hydrogens is 366 g/mol. The van der Waals surface area contributed by atoms with E-state index < -0.39 is 11.9 Å². The van der Waals surface area contributed by atoms with Crippen LogP contribution in [0.25, 0.3) is 0 Å². The second-order valence-electron chi connectivity index (χ2n) is 6.72. The second-order valence-corrected chi connectivity index (χ2v) is 7.15. The number of carboxylic acid groups (broad SMARTS) is 1. The molecule has 0 bridgehead atoms. The van der Waals surface area contributed by atoms with Gasteiger partial charge >= 0.3 is 0 Å². The third-order valence-electron chi connectivity index (χ3n) is 4.80. The molecule has 0 spiro atoms. The number of ether oxygens (including phenoxy) is 1. The van der Waals surface area contributed by atoms with Crippen LogP contribution in [0.3, 0.4) is 0 Å². The van der Waals surface area contributed by atoms with Crippen LogP contribution < -0.4 is 15.2 Å². The van der Waals surface area contributed by atoms with Crippen molar-refractivity contribution in [3.05, 3.63) is 58.6 Å². The zero-order valence-corrected chi connectivity index (χ0v) is 15.6. The molecular formula is C21H21ClNO4-. The van der Waals surface area contributed by atoms with Crippen molar-refractivity contribution in [1.82, 2.24) is 0 Å². The summed E-state index contributed by atoms with van der Waals surface area (Å²) in [5, 5.41) is 13.9. The number of carbonyl (C=O) groups excluding carboxylic acids is 2. The number of carboxylic acids is 1. The zero-order valence-electron chi connectivity index (χ0n) is 14.9. The van der Waals surface area contributed by atoms with E-state index in [1.54, 1.807) is 0 Å². The van der Waals surface area contributed by atoms with E-state index in [2.05, 4.69) is 5.32 Å². The van der Waals surface area contributed by atoms with Gasteiger partial charge in [-0.25, -0.2) is 0 Å². The van der Waals surface area contributed by atoms with E-state index in [9.17, 15) is 14.7 Å². The molecule has 6 heteroatoms. The third kappa shape index (κ3) is 5.23. The minimum atomic E-state index is -1.39. The van der Waals surface area contributed by atoms with Gasteiger partial charge in [-0.3, -0.25) is 4.79 Å². The van der Waals surface area contributed by atoms with Crippen molar-refractivity contribution in [3.63, 3.8) is 0 Å². The Morgan fingerprint density at radius 2 is 1.78 bits per heavy atom. The van der Waals surface area contributed by atoms with Crippen LogP contribution in [0.4, 0.5) is 5.69 Å². The Labute approximate surface area is 163 Å². The normalized spacial score (nSPS) is 14.6. The molecule has 0 aliphatic heterocycles. The number of carbonyl (C=O) groups is 2. The van der Waals surface area contributed by atoms with Gasteiger partial charge in [-0.05, 0) is 54.7 Å². The Kier molecular flexibility index (Phi) is 6.35.